The maximum Gasteiger partial charge on any atom is 0.322 e. The van der Waals surface area contributed by atoms with Crippen LogP contribution in [0.3, 0.4) is 0 Å². The number of nitrogens with zero attached hydrogens (tertiary/aromatic N) is 4. The van der Waals surface area contributed by atoms with Crippen molar-refractivity contribution in [2.45, 2.75) is 26.8 Å². The molecule has 1 unspecified atom stereocenters. The van der Waals surface area contributed by atoms with Crippen LogP contribution < -0.4 is 15.4 Å². The Morgan fingerprint density at radius 3 is 2.85 bits per heavy atom. The molecule has 0 spiro atoms. The highest BCUT2D eigenvalue weighted by molar-refractivity contribution is 5.41. The highest BCUT2D eigenvalue weighted by atomic mass is 16.5. The highest BCUT2D eigenvalue weighted by Gasteiger charge is 2.13. The van der Waals surface area contributed by atoms with Crippen molar-refractivity contribution in [3.05, 3.63) is 17.7 Å². The van der Waals surface area contributed by atoms with Crippen molar-refractivity contribution in [2.75, 3.05) is 19.0 Å². The molecule has 0 aliphatic carbocycles. The summed E-state index contributed by atoms with van der Waals surface area (Å²) in [5.41, 5.74) is 0.778. The molecule has 20 heavy (non-hydrogen) atoms. The van der Waals surface area contributed by atoms with Crippen LogP contribution in [-0.2, 0) is 0 Å². The van der Waals surface area contributed by atoms with Gasteiger partial charge in [0, 0.05) is 11.8 Å². The minimum Gasteiger partial charge on any atom is -0.481 e. The van der Waals surface area contributed by atoms with Crippen molar-refractivity contribution in [3.8, 4) is 5.88 Å². The van der Waals surface area contributed by atoms with Gasteiger partial charge in [0.25, 0.3) is 0 Å². The SMILES string of the molecule is CCNC(C)c1nnc(Nc2nc(C)cc(OC)n2)o1. The predicted molar refractivity (Wildman–Crippen MR) is 73.0 cm³/mol. The molecule has 0 amide bonds. The Morgan fingerprint density at radius 1 is 1.35 bits per heavy atom. The van der Waals surface area contributed by atoms with E-state index in [0.29, 0.717) is 17.7 Å². The normalized spacial score (nSPS) is 12.2. The van der Waals surface area contributed by atoms with Gasteiger partial charge in [0.2, 0.25) is 17.7 Å². The summed E-state index contributed by atoms with van der Waals surface area (Å²) < 4.78 is 10.6. The van der Waals surface area contributed by atoms with Crippen LogP contribution in [0.5, 0.6) is 5.88 Å². The fourth-order valence-electron chi connectivity index (χ4n) is 1.65. The van der Waals surface area contributed by atoms with E-state index in [4.69, 9.17) is 9.15 Å². The molecule has 2 aromatic heterocycles. The van der Waals surface area contributed by atoms with E-state index in [1.807, 2.05) is 20.8 Å². The lowest BCUT2D eigenvalue weighted by atomic mass is 10.3. The van der Waals surface area contributed by atoms with E-state index in [2.05, 4.69) is 30.8 Å². The van der Waals surface area contributed by atoms with Crippen molar-refractivity contribution in [1.82, 2.24) is 25.5 Å². The largest absolute Gasteiger partial charge is 0.481 e. The number of rotatable bonds is 6. The molecule has 0 bridgehead atoms. The minimum atomic E-state index is -0.00369. The highest BCUT2D eigenvalue weighted by Crippen LogP contribution is 2.18. The summed E-state index contributed by atoms with van der Waals surface area (Å²) >= 11 is 0. The third-order valence-corrected chi connectivity index (χ3v) is 2.58. The number of anilines is 2. The molecule has 2 N–H and O–H groups in total. The summed E-state index contributed by atoms with van der Waals surface area (Å²) in [6, 6.07) is 1.98. The molecule has 0 aliphatic heterocycles. The van der Waals surface area contributed by atoms with Gasteiger partial charge in [-0.3, -0.25) is 5.32 Å². The summed E-state index contributed by atoms with van der Waals surface area (Å²) in [7, 11) is 1.55. The molecule has 8 nitrogen and oxygen atoms in total. The summed E-state index contributed by atoms with van der Waals surface area (Å²) in [4.78, 5) is 8.37. The molecule has 0 fully saturated rings. The lowest BCUT2D eigenvalue weighted by Crippen LogP contribution is -2.17. The van der Waals surface area contributed by atoms with E-state index in [0.717, 1.165) is 12.2 Å². The zero-order chi connectivity index (χ0) is 14.5. The van der Waals surface area contributed by atoms with E-state index >= 15 is 0 Å². The van der Waals surface area contributed by atoms with Gasteiger partial charge in [0.15, 0.2) is 0 Å². The van der Waals surface area contributed by atoms with E-state index in [1.54, 1.807) is 13.2 Å². The first-order valence-electron chi connectivity index (χ1n) is 6.35. The minimum absolute atomic E-state index is 0.00369. The lowest BCUT2D eigenvalue weighted by molar-refractivity contribution is 0.397. The number of aryl methyl sites for hydroxylation is 1. The van der Waals surface area contributed by atoms with Gasteiger partial charge < -0.3 is 14.5 Å². The quantitative estimate of drug-likeness (QED) is 0.822. The van der Waals surface area contributed by atoms with E-state index in [9.17, 15) is 0 Å². The molecule has 1 atom stereocenters. The third kappa shape index (κ3) is 3.41. The lowest BCUT2D eigenvalue weighted by Gasteiger charge is -2.06. The number of aromatic nitrogens is 4. The summed E-state index contributed by atoms with van der Waals surface area (Å²) in [5, 5.41) is 13.9. The fourth-order valence-corrected chi connectivity index (χ4v) is 1.65. The molecule has 0 radical (unpaired) electrons. The molecular weight excluding hydrogens is 260 g/mol. The second-order valence-electron chi connectivity index (χ2n) is 4.23. The molecule has 8 heteroatoms. The number of nitrogens with one attached hydrogen (secondary N) is 2. The molecule has 108 valence electrons. The molecule has 2 heterocycles. The van der Waals surface area contributed by atoms with Crippen molar-refractivity contribution >= 4 is 12.0 Å². The average Bonchev–Trinajstić information content (AvgIpc) is 2.87. The Kier molecular flexibility index (Phi) is 4.46. The van der Waals surface area contributed by atoms with E-state index in [-0.39, 0.29) is 12.1 Å². The summed E-state index contributed by atoms with van der Waals surface area (Å²) in [6.45, 7) is 6.64. The number of hydrogen-bond donors (Lipinski definition) is 2. The van der Waals surface area contributed by atoms with Crippen LogP contribution in [0.15, 0.2) is 10.5 Å². The van der Waals surface area contributed by atoms with Gasteiger partial charge in [-0.1, -0.05) is 12.0 Å². The summed E-state index contributed by atoms with van der Waals surface area (Å²) in [6.07, 6.45) is 0. The molecule has 0 aromatic carbocycles. The Balaban J connectivity index is 2.12. The molecule has 2 rings (SSSR count). The van der Waals surface area contributed by atoms with Gasteiger partial charge in [-0.15, -0.1) is 5.10 Å². The molecule has 0 saturated heterocycles. The van der Waals surface area contributed by atoms with Crippen LogP contribution in [0.25, 0.3) is 0 Å². The first kappa shape index (κ1) is 14.2. The second kappa shape index (κ2) is 6.29. The van der Waals surface area contributed by atoms with Gasteiger partial charge in [-0.25, -0.2) is 4.98 Å². The average molecular weight is 278 g/mol. The van der Waals surface area contributed by atoms with Crippen LogP contribution in [0.4, 0.5) is 12.0 Å². The van der Waals surface area contributed by atoms with Crippen LogP contribution >= 0.6 is 0 Å². The Morgan fingerprint density at radius 2 is 2.15 bits per heavy atom. The number of hydrogen-bond acceptors (Lipinski definition) is 8. The topological polar surface area (TPSA) is 98.0 Å². The monoisotopic (exact) mass is 278 g/mol. The smallest absolute Gasteiger partial charge is 0.322 e. The first-order chi connectivity index (χ1) is 9.62. The Hall–Kier alpha value is -2.22. The second-order valence-corrected chi connectivity index (χ2v) is 4.23. The first-order valence-corrected chi connectivity index (χ1v) is 6.35. The van der Waals surface area contributed by atoms with Gasteiger partial charge in [-0.05, 0) is 20.4 Å². The standard InChI is InChI=1S/C12H18N6O2/c1-5-13-8(3)10-17-18-12(20-10)16-11-14-7(2)6-9(15-11)19-4/h6,8,13H,5H2,1-4H3,(H,14,15,16,18). The summed E-state index contributed by atoms with van der Waals surface area (Å²) in [5.74, 6) is 1.34. The van der Waals surface area contributed by atoms with Gasteiger partial charge in [-0.2, -0.15) is 4.98 Å². The van der Waals surface area contributed by atoms with Crippen LogP contribution in [-0.4, -0.2) is 33.8 Å². The van der Waals surface area contributed by atoms with Crippen LogP contribution in [0, 0.1) is 6.92 Å². The van der Waals surface area contributed by atoms with Crippen molar-refractivity contribution in [3.63, 3.8) is 0 Å². The number of ether oxygens (including phenoxy) is 1. The zero-order valence-corrected chi connectivity index (χ0v) is 12.0. The Labute approximate surface area is 117 Å². The van der Waals surface area contributed by atoms with Gasteiger partial charge in [0.1, 0.15) is 0 Å². The van der Waals surface area contributed by atoms with Gasteiger partial charge >= 0.3 is 6.01 Å². The predicted octanol–water partition coefficient (Wildman–Crippen LogP) is 1.59. The van der Waals surface area contributed by atoms with Crippen LogP contribution in [0.2, 0.25) is 0 Å². The van der Waals surface area contributed by atoms with E-state index < -0.39 is 0 Å². The van der Waals surface area contributed by atoms with Gasteiger partial charge in [0.05, 0.1) is 13.2 Å². The third-order valence-electron chi connectivity index (χ3n) is 2.58. The zero-order valence-electron chi connectivity index (χ0n) is 12.0. The maximum atomic E-state index is 5.50. The molecule has 0 saturated carbocycles. The Bertz CT molecular complexity index is 571. The molecular formula is C12H18N6O2. The molecule has 0 aliphatic rings. The molecule has 2 aromatic rings. The maximum absolute atomic E-state index is 5.50. The van der Waals surface area contributed by atoms with E-state index in [1.165, 1.54) is 0 Å². The van der Waals surface area contributed by atoms with Crippen molar-refractivity contribution < 1.29 is 9.15 Å². The fraction of sp³-hybridized carbons (Fsp3) is 0.500. The number of methoxy groups -OCH3 is 1. The van der Waals surface area contributed by atoms with Crippen molar-refractivity contribution in [1.29, 1.82) is 0 Å². The van der Waals surface area contributed by atoms with Crippen molar-refractivity contribution in [2.24, 2.45) is 0 Å². The van der Waals surface area contributed by atoms with Crippen LogP contribution in [0.1, 0.15) is 31.5 Å².